The van der Waals surface area contributed by atoms with Crippen molar-refractivity contribution in [3.63, 3.8) is 0 Å². The Bertz CT molecular complexity index is 366. The molecule has 1 N–H and O–H groups in total. The van der Waals surface area contributed by atoms with Crippen LogP contribution in [0.25, 0.3) is 0 Å². The van der Waals surface area contributed by atoms with E-state index in [4.69, 9.17) is 27.6 Å². The molecule has 90 valence electrons. The first-order valence-electron chi connectivity index (χ1n) is 4.85. The molecule has 0 saturated carbocycles. The molecule has 16 heavy (non-hydrogen) atoms. The minimum absolute atomic E-state index is 0.552. The molecule has 1 rings (SSSR count). The predicted molar refractivity (Wildman–Crippen MR) is 77.1 cm³/mol. The zero-order chi connectivity index (χ0) is 12.0. The second-order valence-electron chi connectivity index (χ2n) is 3.39. The average molecular weight is 296 g/mol. The molecule has 0 aliphatic rings. The summed E-state index contributed by atoms with van der Waals surface area (Å²) >= 11 is 12.4. The topological polar surface area (TPSA) is 21.3 Å². The number of benzene rings is 1. The Morgan fingerprint density at radius 1 is 1.44 bits per heavy atom. The Hall–Kier alpha value is 0.430. The van der Waals surface area contributed by atoms with Gasteiger partial charge in [0.05, 0.1) is 6.61 Å². The minimum atomic E-state index is -2.03. The fourth-order valence-corrected chi connectivity index (χ4v) is 2.46. The summed E-state index contributed by atoms with van der Waals surface area (Å²) in [6, 6.07) is 8.34. The first-order valence-corrected chi connectivity index (χ1v) is 9.74. The Kier molecular flexibility index (Phi) is 6.34. The van der Waals surface area contributed by atoms with E-state index >= 15 is 0 Å². The van der Waals surface area contributed by atoms with Crippen molar-refractivity contribution in [3.05, 3.63) is 29.8 Å². The molecule has 0 amide bonds. The van der Waals surface area contributed by atoms with Crippen molar-refractivity contribution in [2.75, 3.05) is 19.8 Å². The Balaban J connectivity index is 2.16. The van der Waals surface area contributed by atoms with Crippen LogP contribution in [-0.4, -0.2) is 19.8 Å². The van der Waals surface area contributed by atoms with Gasteiger partial charge in [-0.25, -0.2) is 0 Å². The van der Waals surface area contributed by atoms with Crippen molar-refractivity contribution in [3.8, 4) is 0 Å². The highest BCUT2D eigenvalue weighted by Crippen LogP contribution is 2.48. The van der Waals surface area contributed by atoms with Gasteiger partial charge < -0.3 is 4.52 Å². The quantitative estimate of drug-likeness (QED) is 0.489. The molecule has 0 heterocycles. The van der Waals surface area contributed by atoms with Gasteiger partial charge in [-0.3, -0.25) is 4.72 Å². The maximum atomic E-state index is 5.82. The summed E-state index contributed by atoms with van der Waals surface area (Å²) in [5.41, 5.74) is -0.763. The van der Waals surface area contributed by atoms with Crippen LogP contribution in [0.3, 0.4) is 0 Å². The minimum Gasteiger partial charge on any atom is -0.337 e. The monoisotopic (exact) mass is 295 g/mol. The standard InChI is InChI=1S/C10H15ClNOPS2/c1-9-3-5-10(6-4-9)16-12-7-8-13-14(2,11)15/h3-6,12H,7-8H2,1-2H3. The lowest BCUT2D eigenvalue weighted by Gasteiger charge is -2.09. The first kappa shape index (κ1) is 14.5. The van der Waals surface area contributed by atoms with E-state index in [1.807, 2.05) is 0 Å². The van der Waals surface area contributed by atoms with Gasteiger partial charge in [-0.1, -0.05) is 40.7 Å². The molecule has 1 aromatic rings. The summed E-state index contributed by atoms with van der Waals surface area (Å²) in [6.07, 6.45) is 0. The molecule has 0 aliphatic carbocycles. The molecule has 0 bridgehead atoms. The van der Waals surface area contributed by atoms with E-state index in [-0.39, 0.29) is 0 Å². The van der Waals surface area contributed by atoms with E-state index in [9.17, 15) is 0 Å². The van der Waals surface area contributed by atoms with Gasteiger partial charge in [-0.2, -0.15) is 0 Å². The first-order chi connectivity index (χ1) is 7.47. The number of aryl methyl sites for hydroxylation is 1. The largest absolute Gasteiger partial charge is 0.337 e. The van der Waals surface area contributed by atoms with E-state index in [0.717, 1.165) is 6.54 Å². The summed E-state index contributed by atoms with van der Waals surface area (Å²) < 4.78 is 8.50. The average Bonchev–Trinajstić information content (AvgIpc) is 2.19. The number of halogens is 1. The molecular formula is C10H15ClNOPS2. The molecule has 0 radical (unpaired) electrons. The van der Waals surface area contributed by atoms with E-state index in [1.54, 1.807) is 18.6 Å². The van der Waals surface area contributed by atoms with Crippen molar-refractivity contribution in [2.24, 2.45) is 0 Å². The van der Waals surface area contributed by atoms with Crippen LogP contribution in [-0.2, 0) is 16.3 Å². The van der Waals surface area contributed by atoms with E-state index < -0.39 is 5.62 Å². The molecule has 1 unspecified atom stereocenters. The summed E-state index contributed by atoms with van der Waals surface area (Å²) in [4.78, 5) is 1.19. The Morgan fingerprint density at radius 3 is 2.62 bits per heavy atom. The SMILES string of the molecule is Cc1ccc(SNCCOP(C)(=S)Cl)cc1. The van der Waals surface area contributed by atoms with Crippen LogP contribution >= 0.6 is 28.8 Å². The van der Waals surface area contributed by atoms with Gasteiger partial charge in [0.2, 0.25) is 0 Å². The smallest absolute Gasteiger partial charge is 0.148 e. The van der Waals surface area contributed by atoms with Crippen LogP contribution in [0.2, 0.25) is 0 Å². The third-order valence-electron chi connectivity index (χ3n) is 1.74. The normalized spacial score (nSPS) is 14.7. The number of nitrogens with one attached hydrogen (secondary N) is 1. The van der Waals surface area contributed by atoms with E-state index in [1.165, 1.54) is 10.5 Å². The van der Waals surface area contributed by atoms with Gasteiger partial charge in [-0.15, -0.1) is 0 Å². The molecule has 6 heteroatoms. The zero-order valence-electron chi connectivity index (χ0n) is 9.27. The number of rotatable bonds is 6. The number of hydrogen-bond donors (Lipinski definition) is 1. The fraction of sp³-hybridized carbons (Fsp3) is 0.400. The van der Waals surface area contributed by atoms with Gasteiger partial charge in [0.25, 0.3) is 0 Å². The van der Waals surface area contributed by atoms with Crippen molar-refractivity contribution in [1.82, 2.24) is 4.72 Å². The van der Waals surface area contributed by atoms with Crippen molar-refractivity contribution < 1.29 is 4.52 Å². The maximum Gasteiger partial charge on any atom is 0.148 e. The van der Waals surface area contributed by atoms with Gasteiger partial charge >= 0.3 is 0 Å². The second-order valence-corrected chi connectivity index (χ2v) is 10.7. The third-order valence-corrected chi connectivity index (χ3v) is 3.85. The van der Waals surface area contributed by atoms with Crippen LogP contribution in [0.15, 0.2) is 29.2 Å². The van der Waals surface area contributed by atoms with Crippen LogP contribution in [0, 0.1) is 6.92 Å². The zero-order valence-corrected chi connectivity index (χ0v) is 12.6. The van der Waals surface area contributed by atoms with Crippen molar-refractivity contribution in [2.45, 2.75) is 11.8 Å². The van der Waals surface area contributed by atoms with Gasteiger partial charge in [-0.05, 0) is 31.0 Å². The van der Waals surface area contributed by atoms with Gasteiger partial charge in [0.1, 0.15) is 5.62 Å². The second kappa shape index (κ2) is 7.00. The van der Waals surface area contributed by atoms with Gasteiger partial charge in [0, 0.05) is 18.1 Å². The van der Waals surface area contributed by atoms with E-state index in [2.05, 4.69) is 35.9 Å². The molecule has 2 nitrogen and oxygen atoms in total. The van der Waals surface area contributed by atoms with E-state index in [0.29, 0.717) is 6.61 Å². The summed E-state index contributed by atoms with van der Waals surface area (Å²) in [5, 5.41) is 0. The van der Waals surface area contributed by atoms with Crippen LogP contribution in [0.5, 0.6) is 0 Å². The highest BCUT2D eigenvalue weighted by atomic mass is 35.7. The highest BCUT2D eigenvalue weighted by Gasteiger charge is 2.03. The Labute approximate surface area is 111 Å². The molecule has 1 aromatic carbocycles. The summed E-state index contributed by atoms with van der Waals surface area (Å²) in [5.74, 6) is 0. The molecule has 0 fully saturated rings. The molecular weight excluding hydrogens is 281 g/mol. The summed E-state index contributed by atoms with van der Waals surface area (Å²) in [6.45, 7) is 5.12. The lowest BCUT2D eigenvalue weighted by Crippen LogP contribution is -2.10. The lowest BCUT2D eigenvalue weighted by atomic mass is 10.2. The predicted octanol–water partition coefficient (Wildman–Crippen LogP) is 3.79. The molecule has 1 atom stereocenters. The van der Waals surface area contributed by atoms with Crippen molar-refractivity contribution in [1.29, 1.82) is 0 Å². The third kappa shape index (κ3) is 6.89. The van der Waals surface area contributed by atoms with Crippen LogP contribution < -0.4 is 4.72 Å². The Morgan fingerprint density at radius 2 is 2.06 bits per heavy atom. The van der Waals surface area contributed by atoms with Crippen LogP contribution in [0.4, 0.5) is 0 Å². The molecule has 0 aliphatic heterocycles. The lowest BCUT2D eigenvalue weighted by molar-refractivity contribution is 0.367. The maximum absolute atomic E-state index is 5.82. The molecule has 0 spiro atoms. The highest BCUT2D eigenvalue weighted by molar-refractivity contribution is 8.24. The summed E-state index contributed by atoms with van der Waals surface area (Å²) in [7, 11) is 0. The van der Waals surface area contributed by atoms with Crippen molar-refractivity contribution >= 4 is 40.6 Å². The van der Waals surface area contributed by atoms with Gasteiger partial charge in [0.15, 0.2) is 0 Å². The number of hydrogen-bond acceptors (Lipinski definition) is 4. The fourth-order valence-electron chi connectivity index (χ4n) is 0.991. The molecule has 0 saturated heterocycles. The van der Waals surface area contributed by atoms with Crippen LogP contribution in [0.1, 0.15) is 5.56 Å². The molecule has 0 aromatic heterocycles.